The van der Waals surface area contributed by atoms with Crippen molar-refractivity contribution in [2.45, 2.75) is 19.4 Å². The number of nitrogens with one attached hydrogen (secondary N) is 2. The molecule has 2 aromatic carbocycles. The summed E-state index contributed by atoms with van der Waals surface area (Å²) in [7, 11) is 0. The number of nitrogens with zero attached hydrogens (tertiary/aromatic N) is 2. The maximum Gasteiger partial charge on any atom is 0.356 e. The Morgan fingerprint density at radius 2 is 1.69 bits per heavy atom. The highest BCUT2D eigenvalue weighted by Crippen LogP contribution is 2.34. The first-order chi connectivity index (χ1) is 12.4. The first kappa shape index (κ1) is 16.0. The highest BCUT2D eigenvalue weighted by molar-refractivity contribution is 6.00. The zero-order valence-electron chi connectivity index (χ0n) is 14.2. The summed E-state index contributed by atoms with van der Waals surface area (Å²) in [5.41, 5.74) is 4.14. The number of carbonyl (C=O) groups is 2. The quantitative estimate of drug-likeness (QED) is 0.674. The largest absolute Gasteiger partial charge is 0.476 e. The molecule has 2 heterocycles. The van der Waals surface area contributed by atoms with Gasteiger partial charge in [-0.25, -0.2) is 4.79 Å². The van der Waals surface area contributed by atoms with Crippen LogP contribution < -0.4 is 5.32 Å². The summed E-state index contributed by atoms with van der Waals surface area (Å²) in [4.78, 5) is 23.2. The molecule has 0 spiro atoms. The smallest absolute Gasteiger partial charge is 0.356 e. The lowest BCUT2D eigenvalue weighted by Crippen LogP contribution is -2.32. The highest BCUT2D eigenvalue weighted by atomic mass is 16.4. The molecule has 0 fully saturated rings. The molecule has 1 aliphatic heterocycles. The molecular formula is C19H16N4O3. The van der Waals surface area contributed by atoms with Crippen LogP contribution in [0.4, 0.5) is 0 Å². The molecule has 0 unspecified atom stereocenters. The van der Waals surface area contributed by atoms with Crippen molar-refractivity contribution in [1.82, 2.24) is 20.7 Å². The lowest BCUT2D eigenvalue weighted by molar-refractivity contribution is 0.0691. The number of carboxylic acids is 1. The molecule has 3 aromatic rings. The third kappa shape index (κ3) is 2.45. The standard InChI is InChI=1S/C19H16N4O3/c1-19(2)14-9-12(7-8-13(14)17(24)20-19)10-3-5-11(6-4-10)15-16(18(25)26)22-23-21-15/h3-9H,1-2H3,(H,20,24)(H,25,26)(H,21,22,23). The Labute approximate surface area is 149 Å². The average Bonchev–Trinajstić information content (AvgIpc) is 3.18. The average molecular weight is 348 g/mol. The number of aromatic amines is 1. The number of amides is 1. The summed E-state index contributed by atoms with van der Waals surface area (Å²) < 4.78 is 0. The second-order valence-electron chi connectivity index (χ2n) is 6.76. The number of carbonyl (C=O) groups excluding carboxylic acids is 1. The van der Waals surface area contributed by atoms with Crippen LogP contribution in [0.1, 0.15) is 40.3 Å². The summed E-state index contributed by atoms with van der Waals surface area (Å²) in [5.74, 6) is -1.16. The molecule has 1 amide bonds. The molecule has 7 heteroatoms. The van der Waals surface area contributed by atoms with E-state index < -0.39 is 11.5 Å². The predicted molar refractivity (Wildman–Crippen MR) is 94.7 cm³/mol. The number of carboxylic acid groups (broad SMARTS) is 1. The minimum absolute atomic E-state index is 0.0402. The van der Waals surface area contributed by atoms with Gasteiger partial charge in [0.25, 0.3) is 5.91 Å². The molecule has 1 aromatic heterocycles. The Bertz CT molecular complexity index is 1040. The molecule has 0 radical (unpaired) electrons. The number of fused-ring (bicyclic) bond motifs is 1. The maximum absolute atomic E-state index is 12.0. The maximum atomic E-state index is 12.0. The van der Waals surface area contributed by atoms with Crippen molar-refractivity contribution in [3.63, 3.8) is 0 Å². The van der Waals surface area contributed by atoms with E-state index in [-0.39, 0.29) is 11.6 Å². The molecule has 26 heavy (non-hydrogen) atoms. The Kier molecular flexibility index (Phi) is 3.40. The van der Waals surface area contributed by atoms with Gasteiger partial charge in [0.05, 0.1) is 5.54 Å². The topological polar surface area (TPSA) is 108 Å². The highest BCUT2D eigenvalue weighted by Gasteiger charge is 2.34. The molecule has 4 rings (SSSR count). The fraction of sp³-hybridized carbons (Fsp3) is 0.158. The van der Waals surface area contributed by atoms with Crippen LogP contribution in [0.15, 0.2) is 42.5 Å². The van der Waals surface area contributed by atoms with Crippen molar-refractivity contribution in [3.8, 4) is 22.4 Å². The molecule has 7 nitrogen and oxygen atoms in total. The molecule has 0 saturated carbocycles. The summed E-state index contributed by atoms with van der Waals surface area (Å²) in [6.45, 7) is 3.95. The van der Waals surface area contributed by atoms with Crippen LogP contribution in [0.3, 0.4) is 0 Å². The number of aromatic carboxylic acids is 1. The molecule has 0 bridgehead atoms. The number of rotatable bonds is 3. The molecule has 1 aliphatic rings. The van der Waals surface area contributed by atoms with E-state index >= 15 is 0 Å². The van der Waals surface area contributed by atoms with Gasteiger partial charge < -0.3 is 10.4 Å². The van der Waals surface area contributed by atoms with E-state index in [1.54, 1.807) is 12.1 Å². The monoisotopic (exact) mass is 348 g/mol. The van der Waals surface area contributed by atoms with E-state index in [2.05, 4.69) is 20.7 Å². The minimum atomic E-state index is -1.10. The SMILES string of the molecule is CC1(C)NC(=O)c2ccc(-c3ccc(-c4nn[nH]c4C(=O)O)cc3)cc21. The van der Waals surface area contributed by atoms with Gasteiger partial charge in [0.15, 0.2) is 5.69 Å². The number of hydrogen-bond acceptors (Lipinski definition) is 4. The van der Waals surface area contributed by atoms with Crippen molar-refractivity contribution < 1.29 is 14.7 Å². The van der Waals surface area contributed by atoms with Gasteiger partial charge in [0.1, 0.15) is 5.69 Å². The Balaban J connectivity index is 1.71. The fourth-order valence-electron chi connectivity index (χ4n) is 3.26. The second-order valence-corrected chi connectivity index (χ2v) is 6.76. The fourth-order valence-corrected chi connectivity index (χ4v) is 3.26. The number of benzene rings is 2. The zero-order chi connectivity index (χ0) is 18.5. The number of aromatic nitrogens is 3. The molecule has 0 aliphatic carbocycles. The molecule has 130 valence electrons. The van der Waals surface area contributed by atoms with E-state index in [0.717, 1.165) is 16.7 Å². The summed E-state index contributed by atoms with van der Waals surface area (Å²) >= 11 is 0. The van der Waals surface area contributed by atoms with Gasteiger partial charge in [-0.3, -0.25) is 9.89 Å². The Morgan fingerprint density at radius 3 is 2.38 bits per heavy atom. The molecular weight excluding hydrogens is 332 g/mol. The third-order valence-electron chi connectivity index (χ3n) is 4.62. The zero-order valence-corrected chi connectivity index (χ0v) is 14.2. The minimum Gasteiger partial charge on any atom is -0.476 e. The first-order valence-corrected chi connectivity index (χ1v) is 8.09. The molecule has 3 N–H and O–H groups in total. The van der Waals surface area contributed by atoms with Crippen LogP contribution in [0.2, 0.25) is 0 Å². The third-order valence-corrected chi connectivity index (χ3v) is 4.62. The Morgan fingerprint density at radius 1 is 1.04 bits per heavy atom. The van der Waals surface area contributed by atoms with Crippen molar-refractivity contribution in [2.75, 3.05) is 0 Å². The van der Waals surface area contributed by atoms with E-state index in [9.17, 15) is 9.59 Å². The normalized spacial score (nSPS) is 14.8. The van der Waals surface area contributed by atoms with Crippen molar-refractivity contribution >= 4 is 11.9 Å². The van der Waals surface area contributed by atoms with Crippen molar-refractivity contribution in [2.24, 2.45) is 0 Å². The summed E-state index contributed by atoms with van der Waals surface area (Å²) in [6, 6.07) is 13.2. The lowest BCUT2D eigenvalue weighted by atomic mass is 9.91. The second kappa shape index (κ2) is 5.52. The van der Waals surface area contributed by atoms with Gasteiger partial charge in [-0.1, -0.05) is 35.5 Å². The van der Waals surface area contributed by atoms with Gasteiger partial charge in [-0.2, -0.15) is 0 Å². The lowest BCUT2D eigenvalue weighted by Gasteiger charge is -2.19. The first-order valence-electron chi connectivity index (χ1n) is 8.09. The van der Waals surface area contributed by atoms with E-state index in [1.165, 1.54) is 0 Å². The van der Waals surface area contributed by atoms with Crippen LogP contribution in [0.25, 0.3) is 22.4 Å². The summed E-state index contributed by atoms with van der Waals surface area (Å²) in [5, 5.41) is 21.9. The van der Waals surface area contributed by atoms with Gasteiger partial charge in [-0.05, 0) is 42.7 Å². The van der Waals surface area contributed by atoms with Crippen molar-refractivity contribution in [3.05, 3.63) is 59.3 Å². The predicted octanol–water partition coefficient (Wildman–Crippen LogP) is 2.82. The van der Waals surface area contributed by atoms with Crippen LogP contribution >= 0.6 is 0 Å². The summed E-state index contributed by atoms with van der Waals surface area (Å²) in [6.07, 6.45) is 0. The van der Waals surface area contributed by atoms with E-state index in [1.807, 2.05) is 44.2 Å². The number of hydrogen-bond donors (Lipinski definition) is 3. The van der Waals surface area contributed by atoms with Crippen LogP contribution in [0.5, 0.6) is 0 Å². The van der Waals surface area contributed by atoms with Crippen LogP contribution in [0, 0.1) is 0 Å². The molecule has 0 atom stereocenters. The van der Waals surface area contributed by atoms with Crippen molar-refractivity contribution in [1.29, 1.82) is 0 Å². The Hall–Kier alpha value is -3.48. The van der Waals surface area contributed by atoms with Crippen LogP contribution in [-0.4, -0.2) is 32.4 Å². The van der Waals surface area contributed by atoms with Gasteiger partial charge in [0.2, 0.25) is 0 Å². The van der Waals surface area contributed by atoms with E-state index in [0.29, 0.717) is 16.8 Å². The molecule has 0 saturated heterocycles. The van der Waals surface area contributed by atoms with Gasteiger partial charge >= 0.3 is 5.97 Å². The van der Waals surface area contributed by atoms with Gasteiger partial charge in [-0.15, -0.1) is 5.10 Å². The van der Waals surface area contributed by atoms with E-state index in [4.69, 9.17) is 5.11 Å². The van der Waals surface area contributed by atoms with Gasteiger partial charge in [0, 0.05) is 11.1 Å². The van der Waals surface area contributed by atoms with Crippen LogP contribution in [-0.2, 0) is 5.54 Å². The number of H-pyrrole nitrogens is 1.